The Morgan fingerprint density at radius 3 is 2.76 bits per heavy atom. The number of aromatic nitrogens is 1. The zero-order valence-electron chi connectivity index (χ0n) is 16.5. The Morgan fingerprint density at radius 2 is 1.86 bits per heavy atom. The zero-order chi connectivity index (χ0) is 20.0. The van der Waals surface area contributed by atoms with E-state index < -0.39 is 10.0 Å². The van der Waals surface area contributed by atoms with E-state index in [4.69, 9.17) is 0 Å². The third kappa shape index (κ3) is 3.16. The van der Waals surface area contributed by atoms with Gasteiger partial charge in [-0.25, -0.2) is 8.42 Å². The van der Waals surface area contributed by atoms with Crippen LogP contribution in [0.2, 0.25) is 0 Å². The maximum Gasteiger partial charge on any atom is 0.245 e. The van der Waals surface area contributed by atoms with Gasteiger partial charge in [0.05, 0.1) is 5.52 Å². The van der Waals surface area contributed by atoms with Gasteiger partial charge in [-0.3, -0.25) is 9.88 Å². The molecular formula is C23H25N3O2S. The third-order valence-corrected chi connectivity index (χ3v) is 8.48. The Kier molecular flexibility index (Phi) is 4.65. The molecule has 0 unspecified atom stereocenters. The predicted molar refractivity (Wildman–Crippen MR) is 114 cm³/mol. The van der Waals surface area contributed by atoms with Crippen LogP contribution in [0.3, 0.4) is 0 Å². The number of para-hydroxylation sites is 1. The van der Waals surface area contributed by atoms with Crippen LogP contribution in [0.25, 0.3) is 10.9 Å². The van der Waals surface area contributed by atoms with Gasteiger partial charge in [0, 0.05) is 43.8 Å². The normalized spacial score (nSPS) is 22.4. The highest BCUT2D eigenvalue weighted by Crippen LogP contribution is 2.39. The first-order valence-corrected chi connectivity index (χ1v) is 11.6. The van der Waals surface area contributed by atoms with Crippen LogP contribution >= 0.6 is 0 Å². The zero-order valence-corrected chi connectivity index (χ0v) is 17.3. The van der Waals surface area contributed by atoms with Crippen LogP contribution < -0.4 is 0 Å². The number of piperidine rings is 1. The maximum atomic E-state index is 13.5. The molecule has 0 N–H and O–H groups in total. The van der Waals surface area contributed by atoms with Gasteiger partial charge >= 0.3 is 0 Å². The van der Waals surface area contributed by atoms with E-state index in [0.717, 1.165) is 37.7 Å². The van der Waals surface area contributed by atoms with Crippen molar-refractivity contribution in [2.45, 2.75) is 36.2 Å². The second-order valence-electron chi connectivity index (χ2n) is 8.03. The van der Waals surface area contributed by atoms with E-state index in [2.05, 4.69) is 34.1 Å². The predicted octanol–water partition coefficient (Wildman–Crippen LogP) is 3.62. The van der Waals surface area contributed by atoms with Gasteiger partial charge in [-0.05, 0) is 42.5 Å². The van der Waals surface area contributed by atoms with Crippen LogP contribution in [-0.2, 0) is 16.4 Å². The molecule has 2 aliphatic heterocycles. The monoisotopic (exact) mass is 407 g/mol. The van der Waals surface area contributed by atoms with Gasteiger partial charge in [0.1, 0.15) is 4.90 Å². The van der Waals surface area contributed by atoms with E-state index in [1.165, 1.54) is 11.1 Å². The molecule has 1 fully saturated rings. The van der Waals surface area contributed by atoms with Crippen LogP contribution in [0.1, 0.15) is 30.0 Å². The van der Waals surface area contributed by atoms with Gasteiger partial charge in [-0.15, -0.1) is 0 Å². The van der Waals surface area contributed by atoms with Crippen molar-refractivity contribution >= 4 is 20.9 Å². The second kappa shape index (κ2) is 7.20. The molecule has 5 nitrogen and oxygen atoms in total. The molecule has 2 aromatic carbocycles. The van der Waals surface area contributed by atoms with E-state index >= 15 is 0 Å². The number of hydrogen-bond acceptors (Lipinski definition) is 4. The summed E-state index contributed by atoms with van der Waals surface area (Å²) in [5.74, 6) is 0. The fourth-order valence-electron chi connectivity index (χ4n) is 4.90. The lowest BCUT2D eigenvalue weighted by atomic mass is 9.85. The minimum Gasteiger partial charge on any atom is -0.296 e. The molecule has 0 bridgehead atoms. The molecule has 3 aromatic rings. The Balaban J connectivity index is 1.47. The Morgan fingerprint density at radius 1 is 1.03 bits per heavy atom. The summed E-state index contributed by atoms with van der Waals surface area (Å²) in [5.41, 5.74) is 3.31. The van der Waals surface area contributed by atoms with E-state index in [0.29, 0.717) is 16.5 Å². The van der Waals surface area contributed by atoms with Crippen molar-refractivity contribution in [2.75, 3.05) is 20.1 Å². The average Bonchev–Trinajstić information content (AvgIpc) is 2.77. The summed E-state index contributed by atoms with van der Waals surface area (Å²) in [4.78, 5) is 7.16. The molecular weight excluding hydrogens is 382 g/mol. The first-order chi connectivity index (χ1) is 14.1. The van der Waals surface area contributed by atoms with Gasteiger partial charge in [-0.2, -0.15) is 4.31 Å². The van der Waals surface area contributed by atoms with E-state index in [-0.39, 0.29) is 6.04 Å². The summed E-state index contributed by atoms with van der Waals surface area (Å²) in [7, 11) is -1.90. The molecule has 2 atom stereocenters. The van der Waals surface area contributed by atoms with Gasteiger partial charge in [0.15, 0.2) is 0 Å². The molecule has 0 amide bonds. The quantitative estimate of drug-likeness (QED) is 0.666. The van der Waals surface area contributed by atoms with Gasteiger partial charge < -0.3 is 0 Å². The number of hydrogen-bond donors (Lipinski definition) is 0. The van der Waals surface area contributed by atoms with Gasteiger partial charge in [0.25, 0.3) is 0 Å². The fourth-order valence-corrected chi connectivity index (χ4v) is 6.46. The van der Waals surface area contributed by atoms with Gasteiger partial charge in [-0.1, -0.05) is 42.5 Å². The van der Waals surface area contributed by atoms with Crippen molar-refractivity contribution in [1.82, 2.24) is 14.2 Å². The molecule has 0 aliphatic carbocycles. The summed E-state index contributed by atoms with van der Waals surface area (Å²) in [6, 6.07) is 18.0. The average molecular weight is 408 g/mol. The van der Waals surface area contributed by atoms with Crippen molar-refractivity contribution in [3.63, 3.8) is 0 Å². The lowest BCUT2D eigenvalue weighted by molar-refractivity contribution is 0.0970. The van der Waals surface area contributed by atoms with Crippen molar-refractivity contribution in [2.24, 2.45) is 0 Å². The highest BCUT2D eigenvalue weighted by atomic mass is 32.2. The summed E-state index contributed by atoms with van der Waals surface area (Å²) < 4.78 is 28.6. The van der Waals surface area contributed by atoms with Crippen LogP contribution in [0, 0.1) is 0 Å². The number of fused-ring (bicyclic) bond motifs is 4. The molecule has 3 heterocycles. The minimum atomic E-state index is -3.63. The molecule has 150 valence electrons. The standard InChI is InChI=1S/C23H25N3O2S/c1-25(29(27,28)22-10-4-7-18-8-5-13-24-23(18)22)19-12-15-26-14-11-17-6-2-3-9-20(17)21(26)16-19/h2-10,13,19,21H,11-12,14-16H2,1H3/t19-,21+/m1/s1. The van der Waals surface area contributed by atoms with Crippen LogP contribution in [0.5, 0.6) is 0 Å². The molecule has 0 radical (unpaired) electrons. The number of sulfonamides is 1. The number of benzene rings is 2. The topological polar surface area (TPSA) is 53.5 Å². The minimum absolute atomic E-state index is 0.0219. The molecule has 0 spiro atoms. The molecule has 1 saturated heterocycles. The Hall–Kier alpha value is -2.28. The lowest BCUT2D eigenvalue weighted by Gasteiger charge is -2.45. The molecule has 0 saturated carbocycles. The summed E-state index contributed by atoms with van der Waals surface area (Å²) in [6.45, 7) is 1.98. The first-order valence-electron chi connectivity index (χ1n) is 10.2. The van der Waals surface area contributed by atoms with E-state index in [1.807, 2.05) is 18.2 Å². The molecule has 1 aromatic heterocycles. The van der Waals surface area contributed by atoms with Crippen molar-refractivity contribution < 1.29 is 8.42 Å². The van der Waals surface area contributed by atoms with Crippen molar-refractivity contribution in [3.8, 4) is 0 Å². The summed E-state index contributed by atoms with van der Waals surface area (Å²) >= 11 is 0. The summed E-state index contributed by atoms with van der Waals surface area (Å²) in [6.07, 6.45) is 4.41. The maximum absolute atomic E-state index is 13.5. The molecule has 29 heavy (non-hydrogen) atoms. The van der Waals surface area contributed by atoms with E-state index in [1.54, 1.807) is 29.7 Å². The van der Waals surface area contributed by atoms with Crippen molar-refractivity contribution in [3.05, 3.63) is 71.9 Å². The Labute approximate surface area is 172 Å². The van der Waals surface area contributed by atoms with Crippen molar-refractivity contribution in [1.29, 1.82) is 0 Å². The molecule has 2 aliphatic rings. The fraction of sp³-hybridized carbons (Fsp3) is 0.348. The summed E-state index contributed by atoms with van der Waals surface area (Å²) in [5, 5.41) is 0.845. The highest BCUT2D eigenvalue weighted by Gasteiger charge is 2.38. The smallest absolute Gasteiger partial charge is 0.245 e. The van der Waals surface area contributed by atoms with Crippen LogP contribution in [0.15, 0.2) is 65.7 Å². The van der Waals surface area contributed by atoms with Crippen LogP contribution in [0.4, 0.5) is 0 Å². The largest absolute Gasteiger partial charge is 0.296 e. The highest BCUT2D eigenvalue weighted by molar-refractivity contribution is 7.89. The molecule has 5 rings (SSSR count). The van der Waals surface area contributed by atoms with Crippen LogP contribution in [-0.4, -0.2) is 48.8 Å². The van der Waals surface area contributed by atoms with E-state index in [9.17, 15) is 8.42 Å². The number of rotatable bonds is 3. The SMILES string of the molecule is CN([C@@H]1CCN2CCc3ccccc3[C@@H]2C1)S(=O)(=O)c1cccc2cccnc12. The lowest BCUT2D eigenvalue weighted by Crippen LogP contribution is -2.48. The number of pyridine rings is 1. The number of nitrogens with zero attached hydrogens (tertiary/aromatic N) is 3. The second-order valence-corrected chi connectivity index (χ2v) is 10.00. The first kappa shape index (κ1) is 18.7. The Bertz CT molecular complexity index is 1160. The molecule has 6 heteroatoms. The third-order valence-electron chi connectivity index (χ3n) is 6.54. The van der Waals surface area contributed by atoms with Gasteiger partial charge in [0.2, 0.25) is 10.0 Å².